The lowest BCUT2D eigenvalue weighted by atomic mass is 10.1. The number of likely N-dealkylation sites (tertiary alicyclic amines) is 1. The molecule has 0 radical (unpaired) electrons. The third-order valence-electron chi connectivity index (χ3n) is 5.27. The Morgan fingerprint density at radius 3 is 2.67 bits per heavy atom. The van der Waals surface area contributed by atoms with Crippen LogP contribution in [-0.2, 0) is 4.74 Å². The topological polar surface area (TPSA) is 48.9 Å². The maximum Gasteiger partial charge on any atom is 0.191 e. The number of hydrogen-bond donors (Lipinski definition) is 2. The van der Waals surface area contributed by atoms with E-state index in [4.69, 9.17) is 4.74 Å². The van der Waals surface area contributed by atoms with Crippen LogP contribution in [0.3, 0.4) is 0 Å². The Kier molecular flexibility index (Phi) is 9.25. The Morgan fingerprint density at radius 1 is 1.26 bits per heavy atom. The van der Waals surface area contributed by atoms with Crippen molar-refractivity contribution in [3.63, 3.8) is 0 Å². The smallest absolute Gasteiger partial charge is 0.191 e. The molecule has 1 aliphatic carbocycles. The van der Waals surface area contributed by atoms with Gasteiger partial charge in [-0.15, -0.1) is 24.0 Å². The van der Waals surface area contributed by atoms with Gasteiger partial charge < -0.3 is 20.3 Å². The highest BCUT2D eigenvalue weighted by molar-refractivity contribution is 14.0. The van der Waals surface area contributed by atoms with E-state index in [0.29, 0.717) is 6.04 Å². The average Bonchev–Trinajstić information content (AvgIpc) is 3.40. The molecule has 0 amide bonds. The van der Waals surface area contributed by atoms with Gasteiger partial charge in [-0.05, 0) is 37.8 Å². The van der Waals surface area contributed by atoms with Crippen LogP contribution in [0.2, 0.25) is 0 Å². The van der Waals surface area contributed by atoms with Crippen LogP contribution in [0, 0.1) is 5.82 Å². The number of piperidine rings is 1. The van der Waals surface area contributed by atoms with Crippen LogP contribution < -0.4 is 10.6 Å². The Morgan fingerprint density at radius 2 is 2.00 bits per heavy atom. The first kappa shape index (κ1) is 22.4. The van der Waals surface area contributed by atoms with Gasteiger partial charge in [-0.25, -0.2) is 4.39 Å². The number of ether oxygens (including phenoxy) is 1. The van der Waals surface area contributed by atoms with Crippen molar-refractivity contribution >= 4 is 29.9 Å². The molecule has 0 aromatic heterocycles. The first-order valence-electron chi connectivity index (χ1n) is 9.74. The van der Waals surface area contributed by atoms with Crippen LogP contribution in [0.5, 0.6) is 0 Å². The molecule has 1 aliphatic heterocycles. The fourth-order valence-corrected chi connectivity index (χ4v) is 3.66. The number of nitrogens with one attached hydrogen (secondary N) is 2. The van der Waals surface area contributed by atoms with E-state index in [1.807, 2.05) is 19.1 Å². The van der Waals surface area contributed by atoms with Crippen molar-refractivity contribution in [1.82, 2.24) is 15.5 Å². The van der Waals surface area contributed by atoms with E-state index in [-0.39, 0.29) is 41.8 Å². The van der Waals surface area contributed by atoms with Gasteiger partial charge in [-0.1, -0.05) is 18.2 Å². The molecular weight excluding hydrogens is 458 g/mol. The molecule has 2 N–H and O–H groups in total. The summed E-state index contributed by atoms with van der Waals surface area (Å²) in [5.74, 6) is 1.01. The summed E-state index contributed by atoms with van der Waals surface area (Å²) in [6.45, 7) is 6.74. The number of guanidine groups is 1. The van der Waals surface area contributed by atoms with Crippen molar-refractivity contribution in [3.05, 3.63) is 35.6 Å². The molecule has 7 heteroatoms. The summed E-state index contributed by atoms with van der Waals surface area (Å²) in [4.78, 5) is 7.03. The van der Waals surface area contributed by atoms with Gasteiger partial charge in [0.15, 0.2) is 5.96 Å². The van der Waals surface area contributed by atoms with Crippen LogP contribution in [0.4, 0.5) is 4.39 Å². The van der Waals surface area contributed by atoms with Crippen LogP contribution in [0.1, 0.15) is 37.7 Å². The molecule has 27 heavy (non-hydrogen) atoms. The number of halogens is 2. The van der Waals surface area contributed by atoms with Crippen LogP contribution in [-0.4, -0.2) is 62.8 Å². The highest BCUT2D eigenvalue weighted by atomic mass is 127. The minimum Gasteiger partial charge on any atom is -0.383 e. The molecule has 0 bridgehead atoms. The number of benzene rings is 1. The van der Waals surface area contributed by atoms with Crippen molar-refractivity contribution in [1.29, 1.82) is 0 Å². The molecule has 1 saturated heterocycles. The van der Waals surface area contributed by atoms with Gasteiger partial charge in [-0.3, -0.25) is 4.99 Å². The molecule has 2 unspecified atom stereocenters. The van der Waals surface area contributed by atoms with Gasteiger partial charge in [0, 0.05) is 51.3 Å². The van der Waals surface area contributed by atoms with E-state index in [0.717, 1.165) is 63.6 Å². The lowest BCUT2D eigenvalue weighted by Crippen LogP contribution is -2.49. The van der Waals surface area contributed by atoms with Crippen molar-refractivity contribution in [2.24, 2.45) is 4.99 Å². The van der Waals surface area contributed by atoms with Gasteiger partial charge in [0.1, 0.15) is 5.82 Å². The lowest BCUT2D eigenvalue weighted by molar-refractivity contribution is 0.128. The first-order chi connectivity index (χ1) is 12.7. The van der Waals surface area contributed by atoms with Crippen molar-refractivity contribution < 1.29 is 9.13 Å². The maximum absolute atomic E-state index is 13.9. The molecule has 2 aliphatic rings. The quantitative estimate of drug-likeness (QED) is 0.351. The predicted octanol–water partition coefficient (Wildman–Crippen LogP) is 2.97. The van der Waals surface area contributed by atoms with Gasteiger partial charge in [-0.2, -0.15) is 0 Å². The number of hydrogen-bond acceptors (Lipinski definition) is 3. The minimum atomic E-state index is -0.104. The molecule has 1 saturated carbocycles. The zero-order chi connectivity index (χ0) is 18.4. The Labute approximate surface area is 179 Å². The Bertz CT molecular complexity index is 607. The standard InChI is InChI=1S/C20H31FN4O.HI/c1-3-22-20(23-15-8-10-25(11-9-15)12-13-26-2)24-19-14-17(19)16-6-4-5-7-18(16)21;/h4-7,15,17,19H,3,8-14H2,1-2H3,(H2,22,23,24);1H. The normalized spacial score (nSPS) is 23.6. The largest absolute Gasteiger partial charge is 0.383 e. The van der Waals surface area contributed by atoms with E-state index in [2.05, 4.69) is 20.5 Å². The second-order valence-corrected chi connectivity index (χ2v) is 7.19. The molecular formula is C20H32FIN4O. The molecule has 1 aromatic rings. The summed E-state index contributed by atoms with van der Waals surface area (Å²) >= 11 is 0. The summed E-state index contributed by atoms with van der Waals surface area (Å²) in [6.07, 6.45) is 3.17. The number of aliphatic imine (C=N–C) groups is 1. The van der Waals surface area contributed by atoms with E-state index in [1.165, 1.54) is 0 Å². The third-order valence-corrected chi connectivity index (χ3v) is 5.27. The van der Waals surface area contributed by atoms with E-state index >= 15 is 0 Å². The summed E-state index contributed by atoms with van der Waals surface area (Å²) in [7, 11) is 1.75. The first-order valence-corrected chi connectivity index (χ1v) is 9.74. The van der Waals surface area contributed by atoms with Crippen LogP contribution >= 0.6 is 24.0 Å². The molecule has 2 atom stereocenters. The molecule has 2 fully saturated rings. The molecule has 1 heterocycles. The zero-order valence-corrected chi connectivity index (χ0v) is 18.6. The van der Waals surface area contributed by atoms with Gasteiger partial charge >= 0.3 is 0 Å². The molecule has 1 aromatic carbocycles. The highest BCUT2D eigenvalue weighted by Crippen LogP contribution is 2.41. The highest BCUT2D eigenvalue weighted by Gasteiger charge is 2.40. The minimum absolute atomic E-state index is 0. The lowest BCUT2D eigenvalue weighted by Gasteiger charge is -2.33. The Balaban J connectivity index is 0.00000261. The molecule has 3 rings (SSSR count). The summed E-state index contributed by atoms with van der Waals surface area (Å²) in [5, 5.41) is 7.08. The number of rotatable bonds is 7. The van der Waals surface area contributed by atoms with Crippen molar-refractivity contribution in [3.8, 4) is 0 Å². The SMILES string of the molecule is CCN=C(NC1CCN(CCOC)CC1)NC1CC1c1ccccc1F.I. The zero-order valence-electron chi connectivity index (χ0n) is 16.3. The molecule has 152 valence electrons. The predicted molar refractivity (Wildman–Crippen MR) is 119 cm³/mol. The van der Waals surface area contributed by atoms with Crippen LogP contribution in [0.15, 0.2) is 29.3 Å². The monoisotopic (exact) mass is 490 g/mol. The third kappa shape index (κ3) is 6.57. The summed E-state index contributed by atoms with van der Waals surface area (Å²) < 4.78 is 19.1. The fraction of sp³-hybridized carbons (Fsp3) is 0.650. The van der Waals surface area contributed by atoms with E-state index in [9.17, 15) is 4.39 Å². The van der Waals surface area contributed by atoms with Crippen LogP contribution in [0.25, 0.3) is 0 Å². The second-order valence-electron chi connectivity index (χ2n) is 7.19. The average molecular weight is 490 g/mol. The fourth-order valence-electron chi connectivity index (χ4n) is 3.66. The summed E-state index contributed by atoms with van der Waals surface area (Å²) in [6, 6.07) is 7.80. The Hall–Kier alpha value is -0.930. The van der Waals surface area contributed by atoms with Gasteiger partial charge in [0.05, 0.1) is 6.61 Å². The molecule has 0 spiro atoms. The second kappa shape index (κ2) is 11.2. The summed E-state index contributed by atoms with van der Waals surface area (Å²) in [5.41, 5.74) is 0.812. The van der Waals surface area contributed by atoms with Gasteiger partial charge in [0.25, 0.3) is 0 Å². The number of methoxy groups -OCH3 is 1. The number of nitrogens with zero attached hydrogens (tertiary/aromatic N) is 2. The van der Waals surface area contributed by atoms with E-state index in [1.54, 1.807) is 19.2 Å². The molecule has 5 nitrogen and oxygen atoms in total. The van der Waals surface area contributed by atoms with E-state index < -0.39 is 0 Å². The van der Waals surface area contributed by atoms with Crippen molar-refractivity contribution in [2.45, 2.75) is 44.2 Å². The van der Waals surface area contributed by atoms with Gasteiger partial charge in [0.2, 0.25) is 0 Å². The van der Waals surface area contributed by atoms with Crippen molar-refractivity contribution in [2.75, 3.05) is 39.9 Å². The maximum atomic E-state index is 13.9.